The monoisotopic (exact) mass is 245 g/mol. The highest BCUT2D eigenvalue weighted by molar-refractivity contribution is 5.95. The summed E-state index contributed by atoms with van der Waals surface area (Å²) in [6.07, 6.45) is -3.98. The van der Waals surface area contributed by atoms with E-state index in [0.717, 1.165) is 0 Å². The third-order valence-corrected chi connectivity index (χ3v) is 2.92. The molecule has 2 heterocycles. The zero-order chi connectivity index (χ0) is 12.6. The maximum atomic E-state index is 11.6. The van der Waals surface area contributed by atoms with E-state index in [1.54, 1.807) is 0 Å². The lowest BCUT2D eigenvalue weighted by atomic mass is 10.1. The lowest BCUT2D eigenvalue weighted by Gasteiger charge is -2.30. The van der Waals surface area contributed by atoms with Crippen molar-refractivity contribution in [3.05, 3.63) is 0 Å². The van der Waals surface area contributed by atoms with Crippen molar-refractivity contribution in [3.8, 4) is 0 Å². The molecule has 2 amide bonds. The molecule has 0 aliphatic carbocycles. The minimum Gasteiger partial charge on any atom is -0.394 e. The predicted molar refractivity (Wildman–Crippen MR) is 56.1 cm³/mol. The molecule has 0 unspecified atom stereocenters. The second-order valence-electron chi connectivity index (χ2n) is 4.06. The maximum Gasteiger partial charge on any atom is 0.347 e. The Bertz CT molecular complexity index is 348. The van der Waals surface area contributed by atoms with Gasteiger partial charge in [0.05, 0.1) is 6.61 Å². The number of aliphatic imine (C=N–C) groups is 1. The number of ether oxygens (including phenoxy) is 1. The third kappa shape index (κ3) is 2.12. The van der Waals surface area contributed by atoms with Gasteiger partial charge in [-0.3, -0.25) is 4.90 Å². The fourth-order valence-corrected chi connectivity index (χ4v) is 1.95. The van der Waals surface area contributed by atoms with E-state index in [0.29, 0.717) is 6.42 Å². The van der Waals surface area contributed by atoms with Crippen LogP contribution in [0.1, 0.15) is 6.42 Å². The molecule has 2 aliphatic heterocycles. The number of nitrogens with zero attached hydrogens (tertiary/aromatic N) is 2. The molecule has 1 fully saturated rings. The van der Waals surface area contributed by atoms with E-state index in [-0.39, 0.29) is 12.4 Å². The smallest absolute Gasteiger partial charge is 0.347 e. The van der Waals surface area contributed by atoms with E-state index in [4.69, 9.17) is 15.6 Å². The van der Waals surface area contributed by atoms with Crippen LogP contribution in [-0.4, -0.2) is 69.8 Å². The molecule has 8 heteroatoms. The predicted octanol–water partition coefficient (Wildman–Crippen LogP) is -2.39. The third-order valence-electron chi connectivity index (χ3n) is 2.92. The van der Waals surface area contributed by atoms with Crippen LogP contribution in [0.5, 0.6) is 0 Å². The van der Waals surface area contributed by atoms with Crippen LogP contribution < -0.4 is 5.73 Å². The Morgan fingerprint density at radius 1 is 1.47 bits per heavy atom. The van der Waals surface area contributed by atoms with Crippen molar-refractivity contribution in [2.24, 2.45) is 10.7 Å². The van der Waals surface area contributed by atoms with Gasteiger partial charge in [0.25, 0.3) is 0 Å². The van der Waals surface area contributed by atoms with Crippen LogP contribution in [-0.2, 0) is 4.74 Å². The van der Waals surface area contributed by atoms with Crippen molar-refractivity contribution in [1.29, 1.82) is 0 Å². The minimum absolute atomic E-state index is 0.234. The van der Waals surface area contributed by atoms with Crippen LogP contribution in [0.2, 0.25) is 0 Å². The van der Waals surface area contributed by atoms with Gasteiger partial charge in [0.2, 0.25) is 0 Å². The van der Waals surface area contributed by atoms with E-state index in [1.807, 2.05) is 0 Å². The molecule has 4 atom stereocenters. The maximum absolute atomic E-state index is 11.6. The number of carbonyl (C=O) groups is 1. The molecule has 0 bridgehead atoms. The van der Waals surface area contributed by atoms with Gasteiger partial charge < -0.3 is 25.8 Å². The SMILES string of the molecule is NC1=NC(=O)N([C@@H]2O[C@H](CO)[C@@H](O)[C@@H]2O)CC1. The highest BCUT2D eigenvalue weighted by Crippen LogP contribution is 2.25. The molecule has 0 aromatic rings. The van der Waals surface area contributed by atoms with Gasteiger partial charge in [-0.05, 0) is 0 Å². The summed E-state index contributed by atoms with van der Waals surface area (Å²) in [6, 6.07) is -0.608. The summed E-state index contributed by atoms with van der Waals surface area (Å²) in [5, 5.41) is 28.2. The van der Waals surface area contributed by atoms with Gasteiger partial charge >= 0.3 is 6.03 Å². The van der Waals surface area contributed by atoms with Crippen LogP contribution in [0.4, 0.5) is 4.79 Å². The summed E-state index contributed by atoms with van der Waals surface area (Å²) in [6.45, 7) is -0.164. The first kappa shape index (κ1) is 12.2. The van der Waals surface area contributed by atoms with Crippen LogP contribution in [0.25, 0.3) is 0 Å². The second-order valence-corrected chi connectivity index (χ2v) is 4.06. The molecule has 96 valence electrons. The van der Waals surface area contributed by atoms with Gasteiger partial charge in [-0.2, -0.15) is 4.99 Å². The van der Waals surface area contributed by atoms with Gasteiger partial charge in [-0.25, -0.2) is 4.79 Å². The number of aliphatic hydroxyl groups excluding tert-OH is 3. The molecular formula is C9H15N3O5. The highest BCUT2D eigenvalue weighted by atomic mass is 16.6. The van der Waals surface area contributed by atoms with E-state index >= 15 is 0 Å². The number of amides is 2. The molecule has 0 spiro atoms. The molecule has 1 saturated heterocycles. The van der Waals surface area contributed by atoms with Gasteiger partial charge in [0.15, 0.2) is 6.23 Å². The first-order chi connectivity index (χ1) is 8.04. The number of rotatable bonds is 2. The quantitative estimate of drug-likeness (QED) is 0.429. The number of urea groups is 1. The molecule has 2 rings (SSSR count). The Kier molecular flexibility index (Phi) is 3.29. The number of carbonyl (C=O) groups excluding carboxylic acids is 1. The molecule has 2 aliphatic rings. The Morgan fingerprint density at radius 2 is 2.18 bits per heavy atom. The average Bonchev–Trinajstić information content (AvgIpc) is 2.57. The van der Waals surface area contributed by atoms with Crippen molar-refractivity contribution >= 4 is 11.9 Å². The lowest BCUT2D eigenvalue weighted by Crippen LogP contribution is -2.49. The van der Waals surface area contributed by atoms with Crippen molar-refractivity contribution in [2.45, 2.75) is 31.0 Å². The summed E-state index contributed by atoms with van der Waals surface area (Å²) in [4.78, 5) is 16.3. The van der Waals surface area contributed by atoms with E-state index in [2.05, 4.69) is 4.99 Å². The summed E-state index contributed by atoms with van der Waals surface area (Å²) in [5.74, 6) is 0.234. The molecule has 17 heavy (non-hydrogen) atoms. The zero-order valence-corrected chi connectivity index (χ0v) is 9.06. The van der Waals surface area contributed by atoms with Crippen LogP contribution in [0.15, 0.2) is 4.99 Å². The fourth-order valence-electron chi connectivity index (χ4n) is 1.95. The summed E-state index contributed by atoms with van der Waals surface area (Å²) in [5.41, 5.74) is 5.41. The summed E-state index contributed by atoms with van der Waals surface area (Å²) in [7, 11) is 0. The van der Waals surface area contributed by atoms with Crippen LogP contribution >= 0.6 is 0 Å². The summed E-state index contributed by atoms with van der Waals surface area (Å²) < 4.78 is 5.23. The van der Waals surface area contributed by atoms with Crippen molar-refractivity contribution in [2.75, 3.05) is 13.2 Å². The first-order valence-corrected chi connectivity index (χ1v) is 5.30. The largest absolute Gasteiger partial charge is 0.394 e. The van der Waals surface area contributed by atoms with Crippen molar-refractivity contribution < 1.29 is 24.9 Å². The topological polar surface area (TPSA) is 129 Å². The molecule has 8 nitrogen and oxygen atoms in total. The molecule has 5 N–H and O–H groups in total. The average molecular weight is 245 g/mol. The standard InChI is InChI=1S/C9H15N3O5/c10-5-1-2-12(9(16)11-5)8-7(15)6(14)4(3-13)17-8/h4,6-8,13-15H,1-3H2,(H2,10,11,16)/t4-,6-,7+,8-/m1/s1. The fraction of sp³-hybridized carbons (Fsp3) is 0.778. The van der Waals surface area contributed by atoms with Crippen molar-refractivity contribution in [1.82, 2.24) is 4.90 Å². The van der Waals surface area contributed by atoms with Crippen LogP contribution in [0, 0.1) is 0 Å². The van der Waals surface area contributed by atoms with Gasteiger partial charge in [0.1, 0.15) is 24.1 Å². The molecular weight excluding hydrogens is 230 g/mol. The van der Waals surface area contributed by atoms with Gasteiger partial charge in [-0.1, -0.05) is 0 Å². The lowest BCUT2D eigenvalue weighted by molar-refractivity contribution is -0.0780. The van der Waals surface area contributed by atoms with Crippen molar-refractivity contribution in [3.63, 3.8) is 0 Å². The molecule has 0 aromatic heterocycles. The number of hydrogen-bond donors (Lipinski definition) is 4. The van der Waals surface area contributed by atoms with E-state index < -0.39 is 37.2 Å². The van der Waals surface area contributed by atoms with Gasteiger partial charge in [0, 0.05) is 13.0 Å². The number of nitrogens with two attached hydrogens (primary N) is 1. The summed E-state index contributed by atoms with van der Waals surface area (Å²) >= 11 is 0. The zero-order valence-electron chi connectivity index (χ0n) is 9.06. The highest BCUT2D eigenvalue weighted by Gasteiger charge is 2.47. The Balaban J connectivity index is 2.11. The Labute approximate surface area is 97.3 Å². The molecule has 0 saturated carbocycles. The number of amidine groups is 1. The normalized spacial score (nSPS) is 38.4. The van der Waals surface area contributed by atoms with E-state index in [9.17, 15) is 15.0 Å². The number of aliphatic hydroxyl groups is 3. The Morgan fingerprint density at radius 3 is 2.71 bits per heavy atom. The Hall–Kier alpha value is -1.22. The first-order valence-electron chi connectivity index (χ1n) is 5.30. The second kappa shape index (κ2) is 4.57. The number of hydrogen-bond acceptors (Lipinski definition) is 6. The minimum atomic E-state index is -1.26. The molecule has 0 aromatic carbocycles. The van der Waals surface area contributed by atoms with Crippen LogP contribution in [0.3, 0.4) is 0 Å². The van der Waals surface area contributed by atoms with Gasteiger partial charge in [-0.15, -0.1) is 0 Å². The van der Waals surface area contributed by atoms with E-state index in [1.165, 1.54) is 4.90 Å². The molecule has 0 radical (unpaired) electrons.